The van der Waals surface area contributed by atoms with E-state index >= 15 is 0 Å². The first-order valence-electron chi connectivity index (χ1n) is 6.06. The standard InChI is InChI=1S/C13H11F5N2O2/c14-8-6-9(15)11(10(21)7-8)12(22)20(4-1-3-19)5-2-13(16,17)18/h6-7,21H,1-2,4-5H2. The fraction of sp³-hybridized carbons (Fsp3) is 0.385. The highest BCUT2D eigenvalue weighted by molar-refractivity contribution is 5.97. The van der Waals surface area contributed by atoms with E-state index in [9.17, 15) is 31.9 Å². The maximum Gasteiger partial charge on any atom is 0.390 e. The van der Waals surface area contributed by atoms with Crippen LogP contribution in [0.3, 0.4) is 0 Å². The summed E-state index contributed by atoms with van der Waals surface area (Å²) in [6.07, 6.45) is -6.17. The zero-order valence-electron chi connectivity index (χ0n) is 11.1. The van der Waals surface area contributed by atoms with Crippen molar-refractivity contribution in [3.05, 3.63) is 29.3 Å². The number of nitrogens with zero attached hydrogens (tertiary/aromatic N) is 2. The number of hydrogen-bond donors (Lipinski definition) is 1. The van der Waals surface area contributed by atoms with Gasteiger partial charge in [0.05, 0.1) is 18.9 Å². The van der Waals surface area contributed by atoms with Crippen molar-refractivity contribution < 1.29 is 31.9 Å². The van der Waals surface area contributed by atoms with Gasteiger partial charge in [-0.2, -0.15) is 18.4 Å². The minimum atomic E-state index is -4.55. The minimum absolute atomic E-state index is 0.271. The smallest absolute Gasteiger partial charge is 0.390 e. The number of carbonyl (C=O) groups is 1. The van der Waals surface area contributed by atoms with Crippen molar-refractivity contribution in [1.29, 1.82) is 5.26 Å². The van der Waals surface area contributed by atoms with Crippen LogP contribution in [0.25, 0.3) is 0 Å². The van der Waals surface area contributed by atoms with E-state index in [0.717, 1.165) is 0 Å². The highest BCUT2D eigenvalue weighted by Gasteiger charge is 2.30. The first-order valence-corrected chi connectivity index (χ1v) is 6.06. The van der Waals surface area contributed by atoms with Gasteiger partial charge in [0.2, 0.25) is 0 Å². The van der Waals surface area contributed by atoms with Crippen LogP contribution in [0.15, 0.2) is 12.1 Å². The van der Waals surface area contributed by atoms with Gasteiger partial charge in [-0.05, 0) is 0 Å². The molecule has 0 heterocycles. The van der Waals surface area contributed by atoms with E-state index in [1.165, 1.54) is 0 Å². The number of carbonyl (C=O) groups excluding carboxylic acids is 1. The quantitative estimate of drug-likeness (QED) is 0.848. The van der Waals surface area contributed by atoms with E-state index in [-0.39, 0.29) is 13.0 Å². The van der Waals surface area contributed by atoms with Gasteiger partial charge in [0.1, 0.15) is 22.9 Å². The molecule has 0 spiro atoms. The Hall–Kier alpha value is -2.37. The number of aromatic hydroxyl groups is 1. The van der Waals surface area contributed by atoms with E-state index in [1.54, 1.807) is 6.07 Å². The topological polar surface area (TPSA) is 64.3 Å². The van der Waals surface area contributed by atoms with Crippen LogP contribution >= 0.6 is 0 Å². The Bertz CT molecular complexity index is 572. The molecule has 4 nitrogen and oxygen atoms in total. The molecule has 0 aliphatic rings. The largest absolute Gasteiger partial charge is 0.507 e. The molecule has 120 valence electrons. The molecule has 0 saturated heterocycles. The third-order valence-electron chi connectivity index (χ3n) is 2.69. The summed E-state index contributed by atoms with van der Waals surface area (Å²) < 4.78 is 63.2. The molecule has 1 aromatic rings. The molecule has 0 fully saturated rings. The SMILES string of the molecule is N#CCCN(CCC(F)(F)F)C(=O)c1c(O)cc(F)cc1F. The maximum atomic E-state index is 13.6. The molecule has 0 aliphatic heterocycles. The molecule has 0 aliphatic carbocycles. The molecule has 22 heavy (non-hydrogen) atoms. The van der Waals surface area contributed by atoms with Crippen LogP contribution in [0.2, 0.25) is 0 Å². The summed E-state index contributed by atoms with van der Waals surface area (Å²) in [6.45, 7) is -1.18. The second kappa shape index (κ2) is 7.06. The number of benzene rings is 1. The Labute approximate surface area is 122 Å². The van der Waals surface area contributed by atoms with Crippen LogP contribution in [0.4, 0.5) is 22.0 Å². The van der Waals surface area contributed by atoms with Gasteiger partial charge in [0.25, 0.3) is 5.91 Å². The molecule has 0 unspecified atom stereocenters. The number of phenols is 1. The van der Waals surface area contributed by atoms with Gasteiger partial charge in [-0.15, -0.1) is 0 Å². The normalized spacial score (nSPS) is 11.1. The molecule has 0 atom stereocenters. The molecule has 0 bridgehead atoms. The molecule has 9 heteroatoms. The van der Waals surface area contributed by atoms with E-state index in [0.29, 0.717) is 17.0 Å². The molecule has 0 aromatic heterocycles. The molecule has 1 aromatic carbocycles. The average Bonchev–Trinajstić information content (AvgIpc) is 2.36. The predicted molar refractivity (Wildman–Crippen MR) is 64.8 cm³/mol. The monoisotopic (exact) mass is 322 g/mol. The minimum Gasteiger partial charge on any atom is -0.507 e. The number of rotatable bonds is 5. The predicted octanol–water partition coefficient (Wildman–Crippen LogP) is 2.98. The number of halogens is 5. The van der Waals surface area contributed by atoms with Crippen molar-refractivity contribution in [3.8, 4) is 11.8 Å². The number of hydrogen-bond acceptors (Lipinski definition) is 3. The van der Waals surface area contributed by atoms with E-state index in [2.05, 4.69) is 0 Å². The van der Waals surface area contributed by atoms with Crippen molar-refractivity contribution in [2.24, 2.45) is 0 Å². The van der Waals surface area contributed by atoms with Crippen LogP contribution in [0.5, 0.6) is 5.75 Å². The molecular formula is C13H11F5N2O2. The first kappa shape index (κ1) is 17.7. The third kappa shape index (κ3) is 4.87. The van der Waals surface area contributed by atoms with Gasteiger partial charge in [0.15, 0.2) is 0 Å². The summed E-state index contributed by atoms with van der Waals surface area (Å²) in [5.41, 5.74) is -0.929. The Morgan fingerprint density at radius 3 is 2.41 bits per heavy atom. The molecule has 0 radical (unpaired) electrons. The second-order valence-corrected chi connectivity index (χ2v) is 4.35. The van der Waals surface area contributed by atoms with Gasteiger partial charge in [0, 0.05) is 25.2 Å². The number of amides is 1. The average molecular weight is 322 g/mol. The van der Waals surface area contributed by atoms with Crippen LogP contribution in [-0.4, -0.2) is 35.2 Å². The van der Waals surface area contributed by atoms with Gasteiger partial charge >= 0.3 is 6.18 Å². The Morgan fingerprint density at radius 1 is 1.27 bits per heavy atom. The van der Waals surface area contributed by atoms with Gasteiger partial charge in [-0.25, -0.2) is 8.78 Å². The number of phenolic OH excluding ortho intramolecular Hbond substituents is 1. The van der Waals surface area contributed by atoms with Gasteiger partial charge in [-0.3, -0.25) is 4.79 Å². The maximum absolute atomic E-state index is 13.6. The summed E-state index contributed by atoms with van der Waals surface area (Å²) in [5.74, 6) is -4.78. The Balaban J connectivity index is 3.04. The summed E-state index contributed by atoms with van der Waals surface area (Å²) in [7, 11) is 0. The van der Waals surface area contributed by atoms with Crippen LogP contribution < -0.4 is 0 Å². The van der Waals surface area contributed by atoms with Crippen molar-refractivity contribution in [1.82, 2.24) is 4.90 Å². The van der Waals surface area contributed by atoms with Gasteiger partial charge in [-0.1, -0.05) is 0 Å². The van der Waals surface area contributed by atoms with Gasteiger partial charge < -0.3 is 10.0 Å². The second-order valence-electron chi connectivity index (χ2n) is 4.35. The molecule has 1 amide bonds. The fourth-order valence-corrected chi connectivity index (χ4v) is 1.69. The van der Waals surface area contributed by atoms with Crippen molar-refractivity contribution in [2.45, 2.75) is 19.0 Å². The Morgan fingerprint density at radius 2 is 1.91 bits per heavy atom. The highest BCUT2D eigenvalue weighted by Crippen LogP contribution is 2.25. The van der Waals surface area contributed by atoms with E-state index < -0.39 is 48.0 Å². The molecule has 0 saturated carbocycles. The summed E-state index contributed by atoms with van der Waals surface area (Å²) in [5, 5.41) is 17.9. The zero-order valence-corrected chi connectivity index (χ0v) is 11.1. The number of alkyl halides is 3. The molecular weight excluding hydrogens is 311 g/mol. The summed E-state index contributed by atoms with van der Waals surface area (Å²) >= 11 is 0. The lowest BCUT2D eigenvalue weighted by Gasteiger charge is -2.23. The highest BCUT2D eigenvalue weighted by atomic mass is 19.4. The lowest BCUT2D eigenvalue weighted by molar-refractivity contribution is -0.136. The van der Waals surface area contributed by atoms with Crippen molar-refractivity contribution in [2.75, 3.05) is 13.1 Å². The van der Waals surface area contributed by atoms with E-state index in [1.807, 2.05) is 0 Å². The summed E-state index contributed by atoms with van der Waals surface area (Å²) in [6, 6.07) is 2.46. The molecule has 1 N–H and O–H groups in total. The fourth-order valence-electron chi connectivity index (χ4n) is 1.69. The molecule has 1 rings (SSSR count). The lowest BCUT2D eigenvalue weighted by atomic mass is 10.1. The third-order valence-corrected chi connectivity index (χ3v) is 2.69. The summed E-state index contributed by atoms with van der Waals surface area (Å²) in [4.78, 5) is 12.6. The zero-order chi connectivity index (χ0) is 16.9. The van der Waals surface area contributed by atoms with Crippen LogP contribution in [-0.2, 0) is 0 Å². The van der Waals surface area contributed by atoms with Crippen LogP contribution in [0.1, 0.15) is 23.2 Å². The van der Waals surface area contributed by atoms with Crippen LogP contribution in [0, 0.1) is 23.0 Å². The first-order chi connectivity index (χ1) is 10.2. The number of nitriles is 1. The van der Waals surface area contributed by atoms with Crippen molar-refractivity contribution in [3.63, 3.8) is 0 Å². The van der Waals surface area contributed by atoms with E-state index in [4.69, 9.17) is 5.26 Å². The lowest BCUT2D eigenvalue weighted by Crippen LogP contribution is -2.35. The van der Waals surface area contributed by atoms with Crippen molar-refractivity contribution >= 4 is 5.91 Å². The Kier molecular flexibility index (Phi) is 5.68.